The summed E-state index contributed by atoms with van der Waals surface area (Å²) in [5.41, 5.74) is 1.20. The molecule has 1 aromatic rings. The molecule has 0 amide bonds. The highest BCUT2D eigenvalue weighted by Crippen LogP contribution is 2.23. The van der Waals surface area contributed by atoms with E-state index in [1.54, 1.807) is 17.4 Å². The molecule has 0 radical (unpaired) electrons. The number of rotatable bonds is 1. The first-order valence-corrected chi connectivity index (χ1v) is 4.40. The van der Waals surface area contributed by atoms with Gasteiger partial charge in [0.15, 0.2) is 0 Å². The fourth-order valence-electron chi connectivity index (χ4n) is 1.13. The van der Waals surface area contributed by atoms with Gasteiger partial charge in [0.1, 0.15) is 5.01 Å². The topological polar surface area (TPSA) is 22.1 Å². The number of fused-ring (bicyclic) bond motifs is 1. The van der Waals surface area contributed by atoms with Crippen molar-refractivity contribution in [3.63, 3.8) is 0 Å². The number of hydrogen-bond donors (Lipinski definition) is 0. The fraction of sp³-hybridized carbons (Fsp3) is 0.375. The highest BCUT2D eigenvalue weighted by atomic mass is 32.1. The lowest BCUT2D eigenvalue weighted by atomic mass is 10.2. The summed E-state index contributed by atoms with van der Waals surface area (Å²) in [6.07, 6.45) is 2.75. The van der Waals surface area contributed by atoms with Crippen molar-refractivity contribution in [1.82, 2.24) is 4.98 Å². The molecule has 0 fully saturated rings. The second-order valence-corrected chi connectivity index (χ2v) is 3.54. The molecule has 58 valence electrons. The zero-order valence-electron chi connectivity index (χ0n) is 6.17. The van der Waals surface area contributed by atoms with Gasteiger partial charge in [0.05, 0.1) is 23.8 Å². The van der Waals surface area contributed by atoms with E-state index in [1.165, 1.54) is 10.6 Å². The van der Waals surface area contributed by atoms with Crippen molar-refractivity contribution < 1.29 is 4.74 Å². The van der Waals surface area contributed by atoms with E-state index in [4.69, 9.17) is 4.74 Å². The molecule has 11 heavy (non-hydrogen) atoms. The average molecular weight is 167 g/mol. The molecular formula is C8H9NOS. The Morgan fingerprint density at radius 1 is 1.64 bits per heavy atom. The number of thiazole rings is 1. The highest BCUT2D eigenvalue weighted by Gasteiger charge is 2.13. The molecule has 1 aliphatic rings. The van der Waals surface area contributed by atoms with Crippen LogP contribution >= 0.6 is 11.3 Å². The normalized spacial score (nSPS) is 16.0. The van der Waals surface area contributed by atoms with Crippen molar-refractivity contribution in [3.8, 4) is 0 Å². The van der Waals surface area contributed by atoms with Crippen LogP contribution in [0.3, 0.4) is 0 Å². The molecule has 1 aromatic heterocycles. The molecule has 2 nitrogen and oxygen atoms in total. The van der Waals surface area contributed by atoms with E-state index in [0.717, 1.165) is 24.6 Å². The molecule has 2 heterocycles. The molecule has 0 unspecified atom stereocenters. The van der Waals surface area contributed by atoms with Crippen molar-refractivity contribution in [2.45, 2.75) is 13.0 Å². The van der Waals surface area contributed by atoms with Gasteiger partial charge in [-0.2, -0.15) is 0 Å². The smallest absolute Gasteiger partial charge is 0.116 e. The van der Waals surface area contributed by atoms with Crippen LogP contribution in [-0.4, -0.2) is 11.6 Å². The predicted molar refractivity (Wildman–Crippen MR) is 45.6 cm³/mol. The summed E-state index contributed by atoms with van der Waals surface area (Å²) in [5.74, 6) is 0. The largest absolute Gasteiger partial charge is 0.375 e. The minimum atomic E-state index is 0.737. The van der Waals surface area contributed by atoms with E-state index in [-0.39, 0.29) is 0 Å². The van der Waals surface area contributed by atoms with Gasteiger partial charge in [-0.05, 0) is 6.08 Å². The third-order valence-electron chi connectivity index (χ3n) is 1.69. The third kappa shape index (κ3) is 1.21. The van der Waals surface area contributed by atoms with Gasteiger partial charge < -0.3 is 4.74 Å². The van der Waals surface area contributed by atoms with Gasteiger partial charge in [-0.25, -0.2) is 4.98 Å². The van der Waals surface area contributed by atoms with Crippen molar-refractivity contribution in [1.29, 1.82) is 0 Å². The van der Waals surface area contributed by atoms with Gasteiger partial charge in [0, 0.05) is 6.42 Å². The lowest BCUT2D eigenvalue weighted by Gasteiger charge is -2.08. The Hall–Kier alpha value is -0.670. The first-order valence-electron chi connectivity index (χ1n) is 3.59. The molecule has 0 saturated carbocycles. The summed E-state index contributed by atoms with van der Waals surface area (Å²) in [7, 11) is 0. The Balaban J connectivity index is 2.39. The molecule has 0 atom stereocenters. The minimum Gasteiger partial charge on any atom is -0.375 e. The summed E-state index contributed by atoms with van der Waals surface area (Å²) in [6.45, 7) is 5.23. The van der Waals surface area contributed by atoms with E-state index >= 15 is 0 Å². The van der Waals surface area contributed by atoms with E-state index in [9.17, 15) is 0 Å². The van der Waals surface area contributed by atoms with Crippen molar-refractivity contribution in [2.75, 3.05) is 6.61 Å². The van der Waals surface area contributed by atoms with Crippen LogP contribution in [0.1, 0.15) is 15.6 Å². The highest BCUT2D eigenvalue weighted by molar-refractivity contribution is 7.12. The van der Waals surface area contributed by atoms with E-state index in [1.807, 2.05) is 0 Å². The lowest BCUT2D eigenvalue weighted by molar-refractivity contribution is 0.112. The molecule has 0 bridgehead atoms. The molecular weight excluding hydrogens is 158 g/mol. The molecule has 0 aliphatic carbocycles. The summed E-state index contributed by atoms with van der Waals surface area (Å²) < 4.78 is 5.29. The van der Waals surface area contributed by atoms with Crippen LogP contribution < -0.4 is 0 Å². The van der Waals surface area contributed by atoms with Gasteiger partial charge in [-0.15, -0.1) is 11.3 Å². The van der Waals surface area contributed by atoms with Gasteiger partial charge in [0.25, 0.3) is 0 Å². The van der Waals surface area contributed by atoms with Gasteiger partial charge in [-0.1, -0.05) is 6.58 Å². The third-order valence-corrected chi connectivity index (χ3v) is 2.75. The molecule has 0 saturated heterocycles. The van der Waals surface area contributed by atoms with Gasteiger partial charge in [0.2, 0.25) is 0 Å². The Kier molecular flexibility index (Phi) is 1.75. The Morgan fingerprint density at radius 2 is 2.55 bits per heavy atom. The van der Waals surface area contributed by atoms with Gasteiger partial charge in [-0.3, -0.25) is 0 Å². The van der Waals surface area contributed by atoms with Gasteiger partial charge >= 0.3 is 0 Å². The standard InChI is InChI=1S/C8H9NOS/c1-2-8-9-6-3-4-10-5-7(6)11-8/h2H,1,3-5H2. The summed E-state index contributed by atoms with van der Waals surface area (Å²) in [4.78, 5) is 5.66. The zero-order chi connectivity index (χ0) is 7.68. The summed E-state index contributed by atoms with van der Waals surface area (Å²) >= 11 is 1.68. The van der Waals surface area contributed by atoms with Crippen LogP contribution in [0.2, 0.25) is 0 Å². The van der Waals surface area contributed by atoms with Crippen LogP contribution in [0, 0.1) is 0 Å². The molecule has 1 aliphatic heterocycles. The SMILES string of the molecule is C=Cc1nc2c(s1)COCC2. The minimum absolute atomic E-state index is 0.737. The maximum Gasteiger partial charge on any atom is 0.116 e. The fourth-order valence-corrected chi connectivity index (χ4v) is 2.03. The van der Waals surface area contributed by atoms with E-state index < -0.39 is 0 Å². The van der Waals surface area contributed by atoms with Crippen LogP contribution in [0.4, 0.5) is 0 Å². The first kappa shape index (κ1) is 7.00. The number of hydrogen-bond acceptors (Lipinski definition) is 3. The molecule has 0 aromatic carbocycles. The Bertz CT molecular complexity index is 256. The second kappa shape index (κ2) is 2.75. The predicted octanol–water partition coefficient (Wildman–Crippen LogP) is 1.86. The molecule has 2 rings (SSSR count). The summed E-state index contributed by atoms with van der Waals surface area (Å²) in [5, 5.41) is 1.01. The van der Waals surface area contributed by atoms with Crippen molar-refractivity contribution in [2.24, 2.45) is 0 Å². The van der Waals surface area contributed by atoms with Crippen molar-refractivity contribution >= 4 is 17.4 Å². The first-order chi connectivity index (χ1) is 5.40. The molecule has 3 heteroatoms. The van der Waals surface area contributed by atoms with E-state index in [0.29, 0.717) is 0 Å². The average Bonchev–Trinajstić information content (AvgIpc) is 2.46. The monoisotopic (exact) mass is 167 g/mol. The number of ether oxygens (including phenoxy) is 1. The quantitative estimate of drug-likeness (QED) is 0.637. The van der Waals surface area contributed by atoms with Crippen LogP contribution in [0.15, 0.2) is 6.58 Å². The second-order valence-electron chi connectivity index (χ2n) is 2.43. The Morgan fingerprint density at radius 3 is 3.27 bits per heavy atom. The van der Waals surface area contributed by atoms with Crippen LogP contribution in [0.25, 0.3) is 6.08 Å². The Labute approximate surface area is 69.5 Å². The number of aromatic nitrogens is 1. The number of nitrogens with zero attached hydrogens (tertiary/aromatic N) is 1. The lowest BCUT2D eigenvalue weighted by Crippen LogP contribution is -2.07. The van der Waals surface area contributed by atoms with Crippen molar-refractivity contribution in [3.05, 3.63) is 22.2 Å². The molecule has 0 spiro atoms. The zero-order valence-corrected chi connectivity index (χ0v) is 6.99. The maximum atomic E-state index is 5.29. The van der Waals surface area contributed by atoms with Crippen LogP contribution in [-0.2, 0) is 17.8 Å². The summed E-state index contributed by atoms with van der Waals surface area (Å²) in [6, 6.07) is 0. The molecule has 0 N–H and O–H groups in total. The maximum absolute atomic E-state index is 5.29. The van der Waals surface area contributed by atoms with Crippen LogP contribution in [0.5, 0.6) is 0 Å². The van der Waals surface area contributed by atoms with E-state index in [2.05, 4.69) is 11.6 Å².